The van der Waals surface area contributed by atoms with Gasteiger partial charge in [0, 0.05) is 0 Å². The zero-order valence-corrected chi connectivity index (χ0v) is 11.0. The van der Waals surface area contributed by atoms with E-state index < -0.39 is 0 Å². The van der Waals surface area contributed by atoms with Gasteiger partial charge in [-0.3, -0.25) is 4.79 Å². The fraction of sp³-hybridized carbons (Fsp3) is 0.533. The van der Waals surface area contributed by atoms with Gasteiger partial charge in [0.05, 0.1) is 5.92 Å². The summed E-state index contributed by atoms with van der Waals surface area (Å²) in [6.07, 6.45) is 0.812. The normalized spacial score (nSPS) is 19.4. The van der Waals surface area contributed by atoms with Crippen molar-refractivity contribution in [1.29, 1.82) is 0 Å². The minimum atomic E-state index is -0.0789. The summed E-state index contributed by atoms with van der Waals surface area (Å²) in [6.45, 7) is 8.50. The minimum Gasteiger partial charge on any atom is -0.426 e. The Labute approximate surface area is 103 Å². The molecule has 0 saturated heterocycles. The van der Waals surface area contributed by atoms with Crippen molar-refractivity contribution in [2.45, 2.75) is 40.0 Å². The van der Waals surface area contributed by atoms with Crippen LogP contribution in [0, 0.1) is 11.8 Å². The van der Waals surface area contributed by atoms with Gasteiger partial charge in [-0.1, -0.05) is 39.8 Å². The first kappa shape index (κ1) is 12.2. The fourth-order valence-corrected chi connectivity index (χ4v) is 2.23. The standard InChI is InChI=1S/C15H20O2/c1-9(2)11-5-6-14-12(7-11)8-13(10(3)4)15(16)17-14/h5-7,9-10,13H,8H2,1-4H3. The quantitative estimate of drug-likeness (QED) is 0.576. The maximum absolute atomic E-state index is 11.8. The third-order valence-electron chi connectivity index (χ3n) is 3.51. The van der Waals surface area contributed by atoms with Gasteiger partial charge in [-0.15, -0.1) is 0 Å². The minimum absolute atomic E-state index is 0.00455. The Kier molecular flexibility index (Phi) is 3.23. The van der Waals surface area contributed by atoms with Crippen molar-refractivity contribution in [1.82, 2.24) is 0 Å². The summed E-state index contributed by atoms with van der Waals surface area (Å²) in [4.78, 5) is 11.8. The number of rotatable bonds is 2. The molecular formula is C15H20O2. The maximum Gasteiger partial charge on any atom is 0.314 e. The highest BCUT2D eigenvalue weighted by Crippen LogP contribution is 2.33. The molecule has 0 aromatic heterocycles. The molecule has 0 radical (unpaired) electrons. The monoisotopic (exact) mass is 232 g/mol. The maximum atomic E-state index is 11.8. The fourth-order valence-electron chi connectivity index (χ4n) is 2.23. The molecule has 0 saturated carbocycles. The smallest absolute Gasteiger partial charge is 0.314 e. The summed E-state index contributed by atoms with van der Waals surface area (Å²) in [6, 6.07) is 6.16. The average molecular weight is 232 g/mol. The van der Waals surface area contributed by atoms with Gasteiger partial charge in [0.15, 0.2) is 0 Å². The topological polar surface area (TPSA) is 26.3 Å². The predicted octanol–water partition coefficient (Wildman–Crippen LogP) is 3.54. The van der Waals surface area contributed by atoms with E-state index in [-0.39, 0.29) is 11.9 Å². The highest BCUT2D eigenvalue weighted by molar-refractivity contribution is 5.78. The van der Waals surface area contributed by atoms with E-state index in [0.29, 0.717) is 11.8 Å². The number of benzene rings is 1. The highest BCUT2D eigenvalue weighted by Gasteiger charge is 2.30. The number of hydrogen-bond donors (Lipinski definition) is 0. The molecule has 1 aromatic carbocycles. The van der Waals surface area contributed by atoms with Gasteiger partial charge in [-0.2, -0.15) is 0 Å². The van der Waals surface area contributed by atoms with E-state index in [9.17, 15) is 4.79 Å². The van der Waals surface area contributed by atoms with Crippen LogP contribution in [0.3, 0.4) is 0 Å². The Bertz CT molecular complexity index is 433. The summed E-state index contributed by atoms with van der Waals surface area (Å²) in [5.74, 6) is 1.51. The van der Waals surface area contributed by atoms with Gasteiger partial charge in [0.25, 0.3) is 0 Å². The average Bonchev–Trinajstić information content (AvgIpc) is 2.27. The summed E-state index contributed by atoms with van der Waals surface area (Å²) >= 11 is 0. The van der Waals surface area contributed by atoms with Crippen molar-refractivity contribution in [3.05, 3.63) is 29.3 Å². The van der Waals surface area contributed by atoms with E-state index in [1.54, 1.807) is 0 Å². The molecule has 1 aliphatic heterocycles. The van der Waals surface area contributed by atoms with Crippen LogP contribution >= 0.6 is 0 Å². The van der Waals surface area contributed by atoms with Gasteiger partial charge in [0.2, 0.25) is 0 Å². The summed E-state index contributed by atoms with van der Waals surface area (Å²) in [5.41, 5.74) is 2.48. The highest BCUT2D eigenvalue weighted by atomic mass is 16.5. The largest absolute Gasteiger partial charge is 0.426 e. The Morgan fingerprint density at radius 2 is 1.94 bits per heavy atom. The molecule has 1 atom stereocenters. The van der Waals surface area contributed by atoms with Gasteiger partial charge in [-0.25, -0.2) is 0 Å². The van der Waals surface area contributed by atoms with Gasteiger partial charge in [-0.05, 0) is 35.4 Å². The molecule has 1 aliphatic rings. The molecule has 1 unspecified atom stereocenters. The first-order valence-electron chi connectivity index (χ1n) is 6.33. The van der Waals surface area contributed by atoms with Gasteiger partial charge >= 0.3 is 5.97 Å². The lowest BCUT2D eigenvalue weighted by atomic mass is 9.86. The molecule has 0 amide bonds. The third-order valence-corrected chi connectivity index (χ3v) is 3.51. The molecule has 2 rings (SSSR count). The Balaban J connectivity index is 2.33. The van der Waals surface area contributed by atoms with E-state index >= 15 is 0 Å². The van der Waals surface area contributed by atoms with Crippen LogP contribution in [0.4, 0.5) is 0 Å². The number of carbonyl (C=O) groups excluding carboxylic acids is 1. The second-order valence-electron chi connectivity index (χ2n) is 5.50. The Morgan fingerprint density at radius 3 is 2.53 bits per heavy atom. The van der Waals surface area contributed by atoms with E-state index in [1.165, 1.54) is 11.1 Å². The summed E-state index contributed by atoms with van der Waals surface area (Å²) in [5, 5.41) is 0. The SMILES string of the molecule is CC(C)c1ccc2c(c1)CC(C(C)C)C(=O)O2. The molecule has 0 bridgehead atoms. The molecule has 1 heterocycles. The molecule has 0 fully saturated rings. The van der Waals surface area contributed by atoms with Crippen LogP contribution in [0.25, 0.3) is 0 Å². The van der Waals surface area contributed by atoms with E-state index in [0.717, 1.165) is 12.2 Å². The van der Waals surface area contributed by atoms with E-state index in [4.69, 9.17) is 4.74 Å². The van der Waals surface area contributed by atoms with E-state index in [1.807, 2.05) is 12.1 Å². The van der Waals surface area contributed by atoms with Crippen molar-refractivity contribution in [2.75, 3.05) is 0 Å². The Morgan fingerprint density at radius 1 is 1.24 bits per heavy atom. The first-order valence-corrected chi connectivity index (χ1v) is 6.33. The number of esters is 1. The second kappa shape index (κ2) is 4.52. The molecular weight excluding hydrogens is 212 g/mol. The molecule has 2 heteroatoms. The summed E-state index contributed by atoms with van der Waals surface area (Å²) < 4.78 is 5.40. The van der Waals surface area contributed by atoms with Crippen LogP contribution in [0.2, 0.25) is 0 Å². The number of carbonyl (C=O) groups is 1. The lowest BCUT2D eigenvalue weighted by Crippen LogP contribution is -2.31. The van der Waals surface area contributed by atoms with Crippen LogP contribution in [0.5, 0.6) is 5.75 Å². The van der Waals surface area contributed by atoms with Gasteiger partial charge < -0.3 is 4.74 Å². The van der Waals surface area contributed by atoms with Crippen LogP contribution in [-0.2, 0) is 11.2 Å². The molecule has 17 heavy (non-hydrogen) atoms. The van der Waals surface area contributed by atoms with Gasteiger partial charge in [0.1, 0.15) is 5.75 Å². The molecule has 2 nitrogen and oxygen atoms in total. The number of hydrogen-bond acceptors (Lipinski definition) is 2. The predicted molar refractivity (Wildman–Crippen MR) is 68.2 cm³/mol. The number of ether oxygens (including phenoxy) is 1. The lowest BCUT2D eigenvalue weighted by molar-refractivity contribution is -0.141. The van der Waals surface area contributed by atoms with Crippen molar-refractivity contribution < 1.29 is 9.53 Å². The third kappa shape index (κ3) is 2.36. The van der Waals surface area contributed by atoms with Crippen LogP contribution in [0.1, 0.15) is 44.7 Å². The molecule has 0 N–H and O–H groups in total. The molecule has 92 valence electrons. The molecule has 0 spiro atoms. The second-order valence-corrected chi connectivity index (χ2v) is 5.50. The van der Waals surface area contributed by atoms with E-state index in [2.05, 4.69) is 33.8 Å². The Hall–Kier alpha value is -1.31. The zero-order chi connectivity index (χ0) is 12.6. The molecule has 1 aromatic rings. The van der Waals surface area contributed by atoms with Crippen molar-refractivity contribution in [2.24, 2.45) is 11.8 Å². The number of fused-ring (bicyclic) bond motifs is 1. The van der Waals surface area contributed by atoms with Crippen molar-refractivity contribution in [3.63, 3.8) is 0 Å². The summed E-state index contributed by atoms with van der Waals surface area (Å²) in [7, 11) is 0. The van der Waals surface area contributed by atoms with Crippen molar-refractivity contribution >= 4 is 5.97 Å². The van der Waals surface area contributed by atoms with Crippen molar-refractivity contribution in [3.8, 4) is 5.75 Å². The molecule has 0 aliphatic carbocycles. The van der Waals surface area contributed by atoms with Crippen LogP contribution < -0.4 is 4.74 Å². The lowest BCUT2D eigenvalue weighted by Gasteiger charge is -2.26. The van der Waals surface area contributed by atoms with Crippen LogP contribution in [-0.4, -0.2) is 5.97 Å². The zero-order valence-electron chi connectivity index (χ0n) is 11.0. The van der Waals surface area contributed by atoms with Crippen LogP contribution in [0.15, 0.2) is 18.2 Å². The first-order chi connectivity index (χ1) is 7.99.